The van der Waals surface area contributed by atoms with Gasteiger partial charge in [0.15, 0.2) is 0 Å². The van der Waals surface area contributed by atoms with Crippen LogP contribution in [0.25, 0.3) is 10.2 Å². The van der Waals surface area contributed by atoms with Crippen LogP contribution in [0, 0.1) is 0 Å². The van der Waals surface area contributed by atoms with Gasteiger partial charge < -0.3 is 9.64 Å². The summed E-state index contributed by atoms with van der Waals surface area (Å²) in [6, 6.07) is 0.783. The Kier molecular flexibility index (Phi) is 4.94. The van der Waals surface area contributed by atoms with E-state index in [4.69, 9.17) is 4.74 Å². The van der Waals surface area contributed by atoms with Crippen LogP contribution in [-0.4, -0.2) is 83.0 Å². The minimum Gasteiger partial charge on any atom is -0.480 e. The maximum Gasteiger partial charge on any atom is 0.236 e. The van der Waals surface area contributed by atoms with E-state index >= 15 is 0 Å². The number of nitrogens with zero attached hydrogens (tertiary/aromatic N) is 5. The van der Waals surface area contributed by atoms with Crippen molar-refractivity contribution in [2.75, 3.05) is 46.4 Å². The van der Waals surface area contributed by atoms with Gasteiger partial charge in [-0.1, -0.05) is 6.42 Å². The third-order valence-corrected chi connectivity index (χ3v) is 7.62. The highest BCUT2D eigenvalue weighted by molar-refractivity contribution is 7.18. The van der Waals surface area contributed by atoms with Crippen LogP contribution in [0.5, 0.6) is 5.88 Å². The Morgan fingerprint density at radius 3 is 2.75 bits per heavy atom. The van der Waals surface area contributed by atoms with Gasteiger partial charge in [-0.2, -0.15) is 0 Å². The molecule has 0 radical (unpaired) electrons. The molecule has 2 fully saturated rings. The van der Waals surface area contributed by atoms with E-state index in [1.165, 1.54) is 29.7 Å². The second kappa shape index (κ2) is 7.57. The zero-order valence-electron chi connectivity index (χ0n) is 16.4. The predicted molar refractivity (Wildman–Crippen MR) is 109 cm³/mol. The fourth-order valence-electron chi connectivity index (χ4n) is 4.62. The number of ether oxygens (including phenoxy) is 1. The van der Waals surface area contributed by atoms with Gasteiger partial charge in [-0.25, -0.2) is 9.97 Å². The number of hydrogen-bond donors (Lipinski definition) is 0. The van der Waals surface area contributed by atoms with Crippen LogP contribution >= 0.6 is 11.3 Å². The molecule has 1 saturated heterocycles. The zero-order valence-corrected chi connectivity index (χ0v) is 17.2. The van der Waals surface area contributed by atoms with Crippen LogP contribution in [0.3, 0.4) is 0 Å². The molecule has 1 saturated carbocycles. The number of piperazine rings is 1. The predicted octanol–water partition coefficient (Wildman–Crippen LogP) is 1.75. The molecule has 1 aliphatic carbocycles. The lowest BCUT2D eigenvalue weighted by atomic mass is 9.91. The lowest BCUT2D eigenvalue weighted by Gasteiger charge is -2.43. The van der Waals surface area contributed by atoms with Crippen molar-refractivity contribution in [1.29, 1.82) is 0 Å². The molecule has 2 aliphatic heterocycles. The van der Waals surface area contributed by atoms with Gasteiger partial charge in [0.05, 0.1) is 19.0 Å². The first-order chi connectivity index (χ1) is 13.7. The van der Waals surface area contributed by atoms with Crippen LogP contribution in [-0.2, 0) is 17.8 Å². The summed E-state index contributed by atoms with van der Waals surface area (Å²) in [6.07, 6.45) is 6.54. The van der Waals surface area contributed by atoms with E-state index < -0.39 is 0 Å². The fraction of sp³-hybridized carbons (Fsp3) is 0.650. The molecule has 0 bridgehead atoms. The molecule has 0 unspecified atom stereocenters. The van der Waals surface area contributed by atoms with Crippen LogP contribution in [0.15, 0.2) is 6.33 Å². The summed E-state index contributed by atoms with van der Waals surface area (Å²) in [5.41, 5.74) is 1.30. The van der Waals surface area contributed by atoms with Crippen molar-refractivity contribution in [3.05, 3.63) is 16.8 Å². The molecule has 4 heterocycles. The summed E-state index contributed by atoms with van der Waals surface area (Å²) >= 11 is 1.70. The standard InChI is InChI=1S/C20H27N5O2S/c1-27-19-18-15-5-6-23(11-16(15)28-20(18)22-13-21-19)12-17(26)25-9-7-24(8-10-25)14-3-2-4-14/h13-14H,2-12H2,1H3. The van der Waals surface area contributed by atoms with Gasteiger partial charge >= 0.3 is 0 Å². The number of thiophene rings is 1. The van der Waals surface area contributed by atoms with Crippen LogP contribution < -0.4 is 4.74 Å². The summed E-state index contributed by atoms with van der Waals surface area (Å²) in [5, 5.41) is 1.06. The van der Waals surface area contributed by atoms with Gasteiger partial charge in [0.1, 0.15) is 11.2 Å². The van der Waals surface area contributed by atoms with E-state index in [-0.39, 0.29) is 5.91 Å². The summed E-state index contributed by atoms with van der Waals surface area (Å²) in [7, 11) is 1.66. The van der Waals surface area contributed by atoms with Crippen molar-refractivity contribution in [3.63, 3.8) is 0 Å². The summed E-state index contributed by atoms with van der Waals surface area (Å²) in [6.45, 7) is 6.05. The normalized spacial score (nSPS) is 21.5. The van der Waals surface area contributed by atoms with E-state index in [0.29, 0.717) is 12.4 Å². The van der Waals surface area contributed by atoms with Gasteiger partial charge in [0.25, 0.3) is 0 Å². The second-order valence-corrected chi connectivity index (χ2v) is 9.11. The molecule has 0 aromatic carbocycles. The van der Waals surface area contributed by atoms with Gasteiger partial charge in [-0.3, -0.25) is 14.6 Å². The molecule has 2 aromatic heterocycles. The van der Waals surface area contributed by atoms with Crippen LogP contribution in [0.2, 0.25) is 0 Å². The first-order valence-electron chi connectivity index (χ1n) is 10.3. The molecule has 150 valence electrons. The van der Waals surface area contributed by atoms with Gasteiger partial charge in [-0.05, 0) is 24.8 Å². The topological polar surface area (TPSA) is 61.8 Å². The van der Waals surface area contributed by atoms with Gasteiger partial charge in [0, 0.05) is 50.2 Å². The number of amides is 1. The maximum atomic E-state index is 12.8. The van der Waals surface area contributed by atoms with E-state index in [9.17, 15) is 4.79 Å². The SMILES string of the molecule is COc1ncnc2sc3c(c12)CCN(CC(=O)N1CCN(C2CCC2)CC1)C3. The third-order valence-electron chi connectivity index (χ3n) is 6.49. The van der Waals surface area contributed by atoms with E-state index in [2.05, 4.69) is 24.7 Å². The monoisotopic (exact) mass is 401 g/mol. The smallest absolute Gasteiger partial charge is 0.236 e. The van der Waals surface area contributed by atoms with Crippen molar-refractivity contribution < 1.29 is 9.53 Å². The maximum absolute atomic E-state index is 12.8. The highest BCUT2D eigenvalue weighted by atomic mass is 32.1. The number of hydrogen-bond acceptors (Lipinski definition) is 7. The quantitative estimate of drug-likeness (QED) is 0.778. The molecular weight excluding hydrogens is 374 g/mol. The third kappa shape index (κ3) is 3.27. The fourth-order valence-corrected chi connectivity index (χ4v) is 5.84. The average Bonchev–Trinajstić information content (AvgIpc) is 3.05. The Balaban J connectivity index is 1.21. The van der Waals surface area contributed by atoms with Crippen molar-refractivity contribution >= 4 is 27.5 Å². The molecule has 0 spiro atoms. The second-order valence-electron chi connectivity index (χ2n) is 8.03. The minimum absolute atomic E-state index is 0.273. The molecule has 2 aromatic rings. The van der Waals surface area contributed by atoms with Crippen molar-refractivity contribution in [1.82, 2.24) is 24.7 Å². The number of aromatic nitrogens is 2. The average molecular weight is 402 g/mol. The molecule has 5 rings (SSSR count). The minimum atomic E-state index is 0.273. The highest BCUT2D eigenvalue weighted by Gasteiger charge is 2.31. The highest BCUT2D eigenvalue weighted by Crippen LogP contribution is 2.37. The summed E-state index contributed by atoms with van der Waals surface area (Å²) in [4.78, 5) is 30.7. The van der Waals surface area contributed by atoms with E-state index in [1.807, 2.05) is 0 Å². The summed E-state index contributed by atoms with van der Waals surface area (Å²) < 4.78 is 5.44. The Bertz CT molecular complexity index is 873. The molecule has 28 heavy (non-hydrogen) atoms. The van der Waals surface area contributed by atoms with Gasteiger partial charge in [0.2, 0.25) is 11.8 Å². The molecule has 0 N–H and O–H groups in total. The van der Waals surface area contributed by atoms with Crippen molar-refractivity contribution in [2.45, 2.75) is 38.3 Å². The molecule has 7 nitrogen and oxygen atoms in total. The molecule has 0 atom stereocenters. The Morgan fingerprint density at radius 2 is 2.04 bits per heavy atom. The lowest BCUT2D eigenvalue weighted by Crippen LogP contribution is -2.55. The van der Waals surface area contributed by atoms with Crippen LogP contribution in [0.1, 0.15) is 29.7 Å². The van der Waals surface area contributed by atoms with Gasteiger partial charge in [-0.15, -0.1) is 11.3 Å². The molecule has 1 amide bonds. The Morgan fingerprint density at radius 1 is 1.21 bits per heavy atom. The largest absolute Gasteiger partial charge is 0.480 e. The first kappa shape index (κ1) is 18.3. The zero-order chi connectivity index (χ0) is 19.1. The first-order valence-corrected chi connectivity index (χ1v) is 11.1. The Hall–Kier alpha value is -1.77. The number of carbonyl (C=O) groups excluding carboxylic acids is 1. The summed E-state index contributed by atoms with van der Waals surface area (Å²) in [5.74, 6) is 0.937. The van der Waals surface area contributed by atoms with Crippen LogP contribution in [0.4, 0.5) is 0 Å². The van der Waals surface area contributed by atoms with Crippen molar-refractivity contribution in [3.8, 4) is 5.88 Å². The molecule has 3 aliphatic rings. The number of carbonyl (C=O) groups is 1. The lowest BCUT2D eigenvalue weighted by molar-refractivity contribution is -0.135. The van der Waals surface area contributed by atoms with E-state index in [1.54, 1.807) is 24.8 Å². The number of rotatable bonds is 4. The molecular formula is C20H27N5O2S. The number of fused-ring (bicyclic) bond motifs is 3. The Labute approximate surface area is 169 Å². The molecule has 8 heteroatoms. The van der Waals surface area contributed by atoms with E-state index in [0.717, 1.165) is 61.9 Å². The van der Waals surface area contributed by atoms with Crippen molar-refractivity contribution in [2.24, 2.45) is 0 Å². The number of methoxy groups -OCH3 is 1.